The number of benzene rings is 8. The molecule has 0 saturated carbocycles. The van der Waals surface area contributed by atoms with Gasteiger partial charge in [0, 0.05) is 38.7 Å². The molecule has 0 amide bonds. The van der Waals surface area contributed by atoms with Gasteiger partial charge < -0.3 is 9.32 Å². The molecule has 1 aliphatic carbocycles. The predicted octanol–water partition coefficient (Wildman–Crippen LogP) is 15.7. The first kappa shape index (κ1) is 34.8. The summed E-state index contributed by atoms with van der Waals surface area (Å²) in [6, 6.07) is 66.4. The molecule has 0 spiro atoms. The highest BCUT2D eigenvalue weighted by Gasteiger charge is 2.36. The number of hydrogen-bond acceptors (Lipinski definition) is 2. The summed E-state index contributed by atoms with van der Waals surface area (Å²) in [7, 11) is 0. The highest BCUT2D eigenvalue weighted by Crippen LogP contribution is 2.52. The van der Waals surface area contributed by atoms with Crippen molar-refractivity contribution in [3.8, 4) is 44.5 Å². The molecule has 0 radical (unpaired) electrons. The van der Waals surface area contributed by atoms with Crippen LogP contribution in [0.15, 0.2) is 186 Å². The Hall–Kier alpha value is -6.64. The van der Waals surface area contributed by atoms with E-state index in [2.05, 4.69) is 209 Å². The van der Waals surface area contributed by atoms with Gasteiger partial charge in [-0.25, -0.2) is 0 Å². The van der Waals surface area contributed by atoms with Gasteiger partial charge in [0.05, 0.1) is 5.69 Å². The van der Waals surface area contributed by atoms with E-state index in [9.17, 15) is 0 Å². The lowest BCUT2D eigenvalue weighted by molar-refractivity contribution is 0.590. The fourth-order valence-corrected chi connectivity index (χ4v) is 8.97. The second-order valence-corrected chi connectivity index (χ2v) is 17.0. The van der Waals surface area contributed by atoms with Gasteiger partial charge in [0.15, 0.2) is 0 Å². The third-order valence-corrected chi connectivity index (χ3v) is 12.1. The molecule has 1 heterocycles. The first-order valence-electron chi connectivity index (χ1n) is 20.0. The van der Waals surface area contributed by atoms with Gasteiger partial charge in [-0.05, 0) is 104 Å². The van der Waals surface area contributed by atoms with Crippen molar-refractivity contribution in [1.82, 2.24) is 0 Å². The van der Waals surface area contributed by atoms with Crippen LogP contribution in [-0.2, 0) is 10.8 Å². The molecule has 0 N–H and O–H groups in total. The highest BCUT2D eigenvalue weighted by molar-refractivity contribution is 6.09. The molecule has 0 aliphatic heterocycles. The molecule has 57 heavy (non-hydrogen) atoms. The zero-order chi connectivity index (χ0) is 38.9. The van der Waals surface area contributed by atoms with Crippen LogP contribution in [-0.4, -0.2) is 0 Å². The van der Waals surface area contributed by atoms with E-state index < -0.39 is 0 Å². The highest BCUT2D eigenvalue weighted by atomic mass is 16.3. The van der Waals surface area contributed by atoms with Gasteiger partial charge in [0.2, 0.25) is 0 Å². The van der Waals surface area contributed by atoms with E-state index in [0.29, 0.717) is 0 Å². The van der Waals surface area contributed by atoms with Gasteiger partial charge in [-0.1, -0.05) is 168 Å². The third-order valence-electron chi connectivity index (χ3n) is 12.1. The Morgan fingerprint density at radius 1 is 0.439 bits per heavy atom. The normalized spacial score (nSPS) is 13.1. The number of anilines is 3. The lowest BCUT2D eigenvalue weighted by Gasteiger charge is -2.28. The lowest BCUT2D eigenvalue weighted by Crippen LogP contribution is -2.15. The Bertz CT molecular complexity index is 2960. The van der Waals surface area contributed by atoms with E-state index in [1.165, 1.54) is 50.1 Å². The summed E-state index contributed by atoms with van der Waals surface area (Å²) in [6.07, 6.45) is 0. The van der Waals surface area contributed by atoms with Crippen LogP contribution in [0.5, 0.6) is 0 Å². The monoisotopic (exact) mass is 735 g/mol. The lowest BCUT2D eigenvalue weighted by atomic mass is 9.81. The molecule has 10 rings (SSSR count). The van der Waals surface area contributed by atoms with Gasteiger partial charge >= 0.3 is 0 Å². The quantitative estimate of drug-likeness (QED) is 0.169. The summed E-state index contributed by atoms with van der Waals surface area (Å²) in [6.45, 7) is 11.5. The first-order valence-corrected chi connectivity index (χ1v) is 20.0. The third kappa shape index (κ3) is 5.87. The molecular weight excluding hydrogens is 691 g/mol. The van der Waals surface area contributed by atoms with Crippen LogP contribution >= 0.6 is 0 Å². The summed E-state index contributed by atoms with van der Waals surface area (Å²) in [5.74, 6) is 0. The van der Waals surface area contributed by atoms with Crippen molar-refractivity contribution in [1.29, 1.82) is 0 Å². The van der Waals surface area contributed by atoms with Gasteiger partial charge in [-0.15, -0.1) is 0 Å². The van der Waals surface area contributed by atoms with Crippen molar-refractivity contribution in [2.24, 2.45) is 0 Å². The van der Waals surface area contributed by atoms with Gasteiger partial charge in [0.25, 0.3) is 0 Å². The molecule has 276 valence electrons. The number of nitrogens with zero attached hydrogens (tertiary/aromatic N) is 1. The average molecular weight is 736 g/mol. The van der Waals surface area contributed by atoms with Crippen LogP contribution < -0.4 is 4.90 Å². The Morgan fingerprint density at radius 2 is 1.09 bits per heavy atom. The Balaban J connectivity index is 1.07. The molecular formula is C55H45NO. The van der Waals surface area contributed by atoms with Crippen LogP contribution in [0.3, 0.4) is 0 Å². The molecule has 1 aromatic heterocycles. The molecule has 2 nitrogen and oxygen atoms in total. The second-order valence-electron chi connectivity index (χ2n) is 17.0. The van der Waals surface area contributed by atoms with E-state index in [1.807, 2.05) is 12.1 Å². The molecule has 1 aliphatic rings. The smallest absolute Gasteiger partial charge is 0.143 e. The Kier molecular flexibility index (Phi) is 8.09. The molecule has 0 atom stereocenters. The van der Waals surface area contributed by atoms with Crippen LogP contribution in [0.2, 0.25) is 0 Å². The molecule has 0 fully saturated rings. The topological polar surface area (TPSA) is 16.4 Å². The van der Waals surface area contributed by atoms with E-state index in [1.54, 1.807) is 0 Å². The SMILES string of the molecule is CC(C)(C)c1ccc(-c2ccc3c(c2)C(C)(C)c2ccc(-c4ccccc4N(c4ccccc4)c4cccc(-c5cccc6c5oc5ccccc56)c4)cc2-3)cc1. The molecule has 0 bridgehead atoms. The number of furan rings is 1. The van der Waals surface area contributed by atoms with Crippen molar-refractivity contribution in [2.45, 2.75) is 45.4 Å². The Labute approximate surface area is 335 Å². The number of rotatable bonds is 6. The molecule has 0 saturated heterocycles. The minimum absolute atomic E-state index is 0.122. The second kappa shape index (κ2) is 13.2. The summed E-state index contributed by atoms with van der Waals surface area (Å²) in [4.78, 5) is 2.39. The molecule has 0 unspecified atom stereocenters. The summed E-state index contributed by atoms with van der Waals surface area (Å²) >= 11 is 0. The van der Waals surface area contributed by atoms with Crippen LogP contribution in [0.25, 0.3) is 66.4 Å². The fraction of sp³-hybridized carbons (Fsp3) is 0.127. The van der Waals surface area contributed by atoms with Crippen molar-refractivity contribution in [3.63, 3.8) is 0 Å². The zero-order valence-corrected chi connectivity index (χ0v) is 33.2. The van der Waals surface area contributed by atoms with E-state index >= 15 is 0 Å². The van der Waals surface area contributed by atoms with Crippen molar-refractivity contribution < 1.29 is 4.42 Å². The minimum Gasteiger partial charge on any atom is -0.455 e. The Morgan fingerprint density at radius 3 is 1.91 bits per heavy atom. The van der Waals surface area contributed by atoms with Gasteiger partial charge in [0.1, 0.15) is 11.2 Å². The van der Waals surface area contributed by atoms with Gasteiger partial charge in [-0.3, -0.25) is 0 Å². The predicted molar refractivity (Wildman–Crippen MR) is 241 cm³/mol. The summed E-state index contributed by atoms with van der Waals surface area (Å²) in [5, 5.41) is 2.27. The summed E-state index contributed by atoms with van der Waals surface area (Å²) in [5.41, 5.74) is 18.9. The first-order chi connectivity index (χ1) is 27.6. The maximum absolute atomic E-state index is 6.49. The number of para-hydroxylation sites is 4. The van der Waals surface area contributed by atoms with Crippen molar-refractivity contribution in [2.75, 3.05) is 4.90 Å². The van der Waals surface area contributed by atoms with Crippen molar-refractivity contribution >= 4 is 39.0 Å². The molecule has 8 aromatic carbocycles. The maximum atomic E-state index is 6.49. The van der Waals surface area contributed by atoms with Crippen LogP contribution in [0.4, 0.5) is 17.1 Å². The van der Waals surface area contributed by atoms with E-state index in [-0.39, 0.29) is 10.8 Å². The maximum Gasteiger partial charge on any atom is 0.143 e. The molecule has 2 heteroatoms. The van der Waals surface area contributed by atoms with Gasteiger partial charge in [-0.2, -0.15) is 0 Å². The minimum atomic E-state index is -0.122. The zero-order valence-electron chi connectivity index (χ0n) is 33.2. The van der Waals surface area contributed by atoms with Crippen LogP contribution in [0, 0.1) is 0 Å². The standard InChI is InChI=1S/C55H45NO/c1-54(2,3)40-29-25-36(26-30-40)37-27-31-45-48-34-39(28-32-49(48)55(4,5)50(45)35-37)43-19-9-11-23-51(43)56(41-16-7-6-8-17-41)42-18-13-15-38(33-42)44-21-14-22-47-46-20-10-12-24-52(46)57-53(44)47/h6-35H,1-5H3. The fourth-order valence-electron chi connectivity index (χ4n) is 8.97. The average Bonchev–Trinajstić information content (AvgIpc) is 3.73. The van der Waals surface area contributed by atoms with E-state index in [4.69, 9.17) is 4.42 Å². The number of hydrogen-bond donors (Lipinski definition) is 0. The largest absolute Gasteiger partial charge is 0.455 e. The number of fused-ring (bicyclic) bond motifs is 6. The van der Waals surface area contributed by atoms with Crippen molar-refractivity contribution in [3.05, 3.63) is 199 Å². The van der Waals surface area contributed by atoms with E-state index in [0.717, 1.165) is 50.1 Å². The van der Waals surface area contributed by atoms with Crippen LogP contribution in [0.1, 0.15) is 51.3 Å². The molecule has 9 aromatic rings. The summed E-state index contributed by atoms with van der Waals surface area (Å²) < 4.78 is 6.49.